The third-order valence-corrected chi connectivity index (χ3v) is 5.88. The van der Waals surface area contributed by atoms with Crippen molar-refractivity contribution in [3.63, 3.8) is 0 Å². The van der Waals surface area contributed by atoms with E-state index in [2.05, 4.69) is 20.4 Å². The fourth-order valence-corrected chi connectivity index (χ4v) is 4.14. The molecule has 9 nitrogen and oxygen atoms in total. The zero-order chi connectivity index (χ0) is 23.6. The van der Waals surface area contributed by atoms with Gasteiger partial charge >= 0.3 is 0 Å². The summed E-state index contributed by atoms with van der Waals surface area (Å²) in [7, 11) is 0. The van der Waals surface area contributed by atoms with Crippen LogP contribution in [-0.2, 0) is 9.47 Å². The van der Waals surface area contributed by atoms with Crippen LogP contribution in [0, 0.1) is 0 Å². The molecule has 1 aliphatic rings. The first kappa shape index (κ1) is 21.2. The highest BCUT2D eigenvalue weighted by Crippen LogP contribution is 2.28. The van der Waals surface area contributed by atoms with Crippen molar-refractivity contribution in [1.82, 2.24) is 24.3 Å². The van der Waals surface area contributed by atoms with Gasteiger partial charge in [-0.1, -0.05) is 30.3 Å². The second-order valence-corrected chi connectivity index (χ2v) is 8.20. The lowest BCUT2D eigenvalue weighted by Crippen LogP contribution is -2.35. The van der Waals surface area contributed by atoms with Crippen molar-refractivity contribution in [2.45, 2.75) is 12.3 Å². The summed E-state index contributed by atoms with van der Waals surface area (Å²) in [5.74, 6) is 0.392. The van der Waals surface area contributed by atoms with E-state index in [1.807, 2.05) is 66.9 Å². The van der Waals surface area contributed by atoms with E-state index in [0.29, 0.717) is 24.8 Å². The van der Waals surface area contributed by atoms with E-state index in [1.54, 1.807) is 27.7 Å². The van der Waals surface area contributed by atoms with Crippen molar-refractivity contribution in [2.75, 3.05) is 18.5 Å². The lowest BCUT2D eigenvalue weighted by Gasteiger charge is -2.31. The molecular formula is C26H22N6O3. The number of rotatable bonds is 5. The number of fused-ring (bicyclic) bond motifs is 1. The minimum absolute atomic E-state index is 0.166. The number of nitrogens with one attached hydrogen (secondary N) is 1. The number of benzene rings is 2. The molecule has 1 fully saturated rings. The van der Waals surface area contributed by atoms with E-state index in [-0.39, 0.29) is 11.6 Å². The quantitative estimate of drug-likeness (QED) is 0.418. The van der Waals surface area contributed by atoms with Gasteiger partial charge in [0.05, 0.1) is 24.9 Å². The molecule has 0 spiro atoms. The van der Waals surface area contributed by atoms with Crippen LogP contribution in [0.25, 0.3) is 16.7 Å². The second kappa shape index (κ2) is 9.13. The Balaban J connectivity index is 1.25. The molecule has 6 rings (SSSR count). The van der Waals surface area contributed by atoms with E-state index in [9.17, 15) is 4.79 Å². The van der Waals surface area contributed by atoms with Gasteiger partial charge in [0.15, 0.2) is 6.29 Å². The Kier molecular flexibility index (Phi) is 5.53. The minimum atomic E-state index is -0.449. The SMILES string of the molecule is O=c1ccc2cnc(Nc3ccc(-n4cccn4)cc3)nc2n1C1COC(c2ccccc2)OC1. The molecule has 3 aromatic heterocycles. The van der Waals surface area contributed by atoms with Crippen molar-refractivity contribution in [2.24, 2.45) is 0 Å². The van der Waals surface area contributed by atoms with Crippen LogP contribution in [0.15, 0.2) is 96.2 Å². The predicted octanol–water partition coefficient (Wildman–Crippen LogP) is 4.01. The normalized spacial score (nSPS) is 17.9. The maximum absolute atomic E-state index is 12.9. The van der Waals surface area contributed by atoms with Crippen LogP contribution in [0.1, 0.15) is 17.9 Å². The van der Waals surface area contributed by atoms with Gasteiger partial charge < -0.3 is 14.8 Å². The van der Waals surface area contributed by atoms with Gasteiger partial charge in [0.25, 0.3) is 5.56 Å². The smallest absolute Gasteiger partial charge is 0.252 e. The second-order valence-electron chi connectivity index (χ2n) is 8.20. The summed E-state index contributed by atoms with van der Waals surface area (Å²) in [5.41, 5.74) is 3.07. The first-order chi connectivity index (χ1) is 17.2. The molecule has 0 unspecified atom stereocenters. The van der Waals surface area contributed by atoms with Crippen LogP contribution in [0.5, 0.6) is 0 Å². The van der Waals surface area contributed by atoms with Crippen LogP contribution in [0.2, 0.25) is 0 Å². The van der Waals surface area contributed by atoms with Gasteiger partial charge in [-0.2, -0.15) is 10.1 Å². The number of ether oxygens (including phenoxy) is 2. The Hall–Kier alpha value is -4.34. The topological polar surface area (TPSA) is 96.1 Å². The van der Waals surface area contributed by atoms with E-state index >= 15 is 0 Å². The third kappa shape index (κ3) is 4.30. The summed E-state index contributed by atoms with van der Waals surface area (Å²) in [4.78, 5) is 22.0. The number of anilines is 2. The first-order valence-corrected chi connectivity index (χ1v) is 11.3. The molecule has 0 radical (unpaired) electrons. The Morgan fingerprint density at radius 2 is 1.71 bits per heavy atom. The molecule has 9 heteroatoms. The number of hydrogen-bond donors (Lipinski definition) is 1. The van der Waals surface area contributed by atoms with Crippen LogP contribution >= 0.6 is 0 Å². The van der Waals surface area contributed by atoms with Crippen molar-refractivity contribution >= 4 is 22.7 Å². The van der Waals surface area contributed by atoms with Crippen molar-refractivity contribution in [3.8, 4) is 5.69 Å². The van der Waals surface area contributed by atoms with Crippen molar-refractivity contribution < 1.29 is 9.47 Å². The van der Waals surface area contributed by atoms with Gasteiger partial charge in [0, 0.05) is 41.3 Å². The van der Waals surface area contributed by atoms with Gasteiger partial charge in [-0.25, -0.2) is 9.67 Å². The summed E-state index contributed by atoms with van der Waals surface area (Å²) in [6.07, 6.45) is 4.87. The van der Waals surface area contributed by atoms with Crippen molar-refractivity contribution in [3.05, 3.63) is 107 Å². The lowest BCUT2D eigenvalue weighted by molar-refractivity contribution is -0.201. The van der Waals surface area contributed by atoms with E-state index in [0.717, 1.165) is 22.3 Å². The number of pyridine rings is 1. The monoisotopic (exact) mass is 466 g/mol. The fraction of sp³-hybridized carbons (Fsp3) is 0.154. The van der Waals surface area contributed by atoms with Crippen molar-refractivity contribution in [1.29, 1.82) is 0 Å². The average Bonchev–Trinajstić information content (AvgIpc) is 3.45. The van der Waals surface area contributed by atoms with Crippen LogP contribution in [-0.4, -0.2) is 37.5 Å². The fourth-order valence-electron chi connectivity index (χ4n) is 4.14. The molecule has 1 saturated heterocycles. The molecule has 1 aliphatic heterocycles. The molecule has 0 bridgehead atoms. The van der Waals surface area contributed by atoms with Gasteiger partial charge in [-0.3, -0.25) is 9.36 Å². The van der Waals surface area contributed by atoms with Gasteiger partial charge in [0.2, 0.25) is 5.95 Å². The summed E-state index contributed by atoms with van der Waals surface area (Å²) in [5, 5.41) is 8.21. The highest BCUT2D eigenvalue weighted by atomic mass is 16.7. The molecule has 0 amide bonds. The summed E-state index contributed by atoms with van der Waals surface area (Å²) >= 11 is 0. The van der Waals surface area contributed by atoms with Gasteiger partial charge in [-0.05, 0) is 36.4 Å². The van der Waals surface area contributed by atoms with Gasteiger partial charge in [-0.15, -0.1) is 0 Å². The standard InChI is InChI=1S/C26H22N6O3/c33-23-12-7-19-15-27-26(29-20-8-10-21(11-9-20)31-14-4-13-28-31)30-24(19)32(23)22-16-34-25(35-17-22)18-5-2-1-3-6-18/h1-15,22,25H,16-17H2,(H,27,29,30). The van der Waals surface area contributed by atoms with E-state index < -0.39 is 6.29 Å². The number of nitrogens with zero attached hydrogens (tertiary/aromatic N) is 5. The van der Waals surface area contributed by atoms with Crippen LogP contribution < -0.4 is 10.9 Å². The summed E-state index contributed by atoms with van der Waals surface area (Å²) < 4.78 is 15.3. The zero-order valence-electron chi connectivity index (χ0n) is 18.7. The van der Waals surface area contributed by atoms with Crippen LogP contribution in [0.4, 0.5) is 11.6 Å². The highest BCUT2D eigenvalue weighted by Gasteiger charge is 2.26. The number of aromatic nitrogens is 5. The molecule has 174 valence electrons. The number of hydrogen-bond acceptors (Lipinski definition) is 7. The van der Waals surface area contributed by atoms with E-state index in [1.165, 1.54) is 6.07 Å². The average molecular weight is 467 g/mol. The maximum Gasteiger partial charge on any atom is 0.252 e. The molecule has 1 N–H and O–H groups in total. The largest absolute Gasteiger partial charge is 0.346 e. The molecule has 5 aromatic rings. The molecule has 2 aromatic carbocycles. The lowest BCUT2D eigenvalue weighted by atomic mass is 10.2. The van der Waals surface area contributed by atoms with E-state index in [4.69, 9.17) is 9.47 Å². The van der Waals surface area contributed by atoms with Crippen LogP contribution in [0.3, 0.4) is 0 Å². The highest BCUT2D eigenvalue weighted by molar-refractivity contribution is 5.76. The molecule has 0 atom stereocenters. The predicted molar refractivity (Wildman–Crippen MR) is 131 cm³/mol. The Labute approximate surface area is 200 Å². The third-order valence-electron chi connectivity index (χ3n) is 5.88. The molecule has 0 aliphatic carbocycles. The summed E-state index contributed by atoms with van der Waals surface area (Å²) in [6.45, 7) is 0.667. The zero-order valence-corrected chi connectivity index (χ0v) is 18.7. The Morgan fingerprint density at radius 1 is 0.914 bits per heavy atom. The van der Waals surface area contributed by atoms with Gasteiger partial charge in [0.1, 0.15) is 5.65 Å². The molecule has 35 heavy (non-hydrogen) atoms. The molecule has 4 heterocycles. The Bertz CT molecular complexity index is 1490. The molecule has 0 saturated carbocycles. The first-order valence-electron chi connectivity index (χ1n) is 11.3. The summed E-state index contributed by atoms with van der Waals surface area (Å²) in [6, 6.07) is 22.3. The maximum atomic E-state index is 12.9. The minimum Gasteiger partial charge on any atom is -0.346 e. The molecular weight excluding hydrogens is 444 g/mol. The Morgan fingerprint density at radius 3 is 2.46 bits per heavy atom.